The van der Waals surface area contributed by atoms with Gasteiger partial charge in [0.2, 0.25) is 0 Å². The summed E-state index contributed by atoms with van der Waals surface area (Å²) < 4.78 is 54.7. The van der Waals surface area contributed by atoms with Gasteiger partial charge in [-0.3, -0.25) is 0 Å². The van der Waals surface area contributed by atoms with Crippen molar-refractivity contribution in [3.8, 4) is 22.6 Å². The van der Waals surface area contributed by atoms with Gasteiger partial charge in [0, 0.05) is 11.6 Å². The van der Waals surface area contributed by atoms with E-state index in [0.29, 0.717) is 29.4 Å². The molecular formula is C30H29F3O3. The molecule has 1 aliphatic rings. The van der Waals surface area contributed by atoms with E-state index in [2.05, 4.69) is 6.08 Å². The SMILES string of the molecule is C/C=C/C1CCC(c2ccc(-c3ccc(C(=O)Oc4ccc(OCC)cc4F)cc3)c(F)c2F)CC1. The van der Waals surface area contributed by atoms with E-state index in [9.17, 15) is 9.18 Å². The summed E-state index contributed by atoms with van der Waals surface area (Å²) in [5.41, 5.74) is 1.13. The van der Waals surface area contributed by atoms with Crippen LogP contribution in [-0.2, 0) is 0 Å². The highest BCUT2D eigenvalue weighted by Crippen LogP contribution is 2.39. The number of ether oxygens (including phenoxy) is 2. The van der Waals surface area contributed by atoms with Gasteiger partial charge >= 0.3 is 5.97 Å². The van der Waals surface area contributed by atoms with Crippen LogP contribution in [0.4, 0.5) is 13.2 Å². The van der Waals surface area contributed by atoms with Gasteiger partial charge in [-0.25, -0.2) is 18.0 Å². The lowest BCUT2D eigenvalue weighted by atomic mass is 9.78. The number of rotatable bonds is 7. The van der Waals surface area contributed by atoms with E-state index < -0.39 is 23.4 Å². The van der Waals surface area contributed by atoms with Crippen LogP contribution in [-0.4, -0.2) is 12.6 Å². The zero-order chi connectivity index (χ0) is 25.7. The zero-order valence-electron chi connectivity index (χ0n) is 20.4. The van der Waals surface area contributed by atoms with Gasteiger partial charge in [-0.05, 0) is 86.8 Å². The first-order valence-corrected chi connectivity index (χ1v) is 12.3. The Balaban J connectivity index is 1.46. The number of hydrogen-bond acceptors (Lipinski definition) is 3. The van der Waals surface area contributed by atoms with E-state index in [1.54, 1.807) is 19.1 Å². The molecule has 36 heavy (non-hydrogen) atoms. The quantitative estimate of drug-likeness (QED) is 0.188. The lowest BCUT2D eigenvalue weighted by molar-refractivity contribution is 0.0727. The van der Waals surface area contributed by atoms with E-state index in [1.165, 1.54) is 36.4 Å². The van der Waals surface area contributed by atoms with Crippen LogP contribution in [0.15, 0.2) is 66.7 Å². The second-order valence-electron chi connectivity index (χ2n) is 8.96. The second-order valence-corrected chi connectivity index (χ2v) is 8.96. The summed E-state index contributed by atoms with van der Waals surface area (Å²) in [6.07, 6.45) is 7.83. The minimum absolute atomic E-state index is 0.00944. The Morgan fingerprint density at radius 3 is 2.31 bits per heavy atom. The Kier molecular flexibility index (Phi) is 8.14. The van der Waals surface area contributed by atoms with Crippen LogP contribution in [0.25, 0.3) is 11.1 Å². The molecule has 1 saturated carbocycles. The first kappa shape index (κ1) is 25.5. The van der Waals surface area contributed by atoms with Gasteiger partial charge < -0.3 is 9.47 Å². The fraction of sp³-hybridized carbons (Fsp3) is 0.300. The number of benzene rings is 3. The average Bonchev–Trinajstić information content (AvgIpc) is 2.88. The molecule has 0 atom stereocenters. The van der Waals surface area contributed by atoms with Crippen molar-refractivity contribution in [2.45, 2.75) is 45.4 Å². The van der Waals surface area contributed by atoms with E-state index in [1.807, 2.05) is 13.0 Å². The topological polar surface area (TPSA) is 35.5 Å². The maximum Gasteiger partial charge on any atom is 0.343 e. The molecule has 0 aromatic heterocycles. The molecule has 6 heteroatoms. The molecule has 1 aliphatic carbocycles. The zero-order valence-corrected chi connectivity index (χ0v) is 20.4. The molecule has 3 aromatic rings. The Morgan fingerprint density at radius 2 is 1.67 bits per heavy atom. The van der Waals surface area contributed by atoms with Gasteiger partial charge in [0.25, 0.3) is 0 Å². The third kappa shape index (κ3) is 5.64. The van der Waals surface area contributed by atoms with Crippen molar-refractivity contribution < 1.29 is 27.4 Å². The number of carbonyl (C=O) groups is 1. The van der Waals surface area contributed by atoms with E-state index in [0.717, 1.165) is 31.7 Å². The minimum Gasteiger partial charge on any atom is -0.494 e. The molecule has 0 radical (unpaired) electrons. The molecule has 0 unspecified atom stereocenters. The highest BCUT2D eigenvalue weighted by Gasteiger charge is 2.25. The molecule has 0 saturated heterocycles. The summed E-state index contributed by atoms with van der Waals surface area (Å²) in [7, 11) is 0. The number of esters is 1. The van der Waals surface area contributed by atoms with Crippen molar-refractivity contribution in [3.63, 3.8) is 0 Å². The average molecular weight is 495 g/mol. The number of allylic oxidation sites excluding steroid dienone is 2. The molecule has 0 heterocycles. The Labute approximate surface area is 209 Å². The molecule has 4 rings (SSSR count). The largest absolute Gasteiger partial charge is 0.494 e. The highest BCUT2D eigenvalue weighted by molar-refractivity contribution is 5.91. The van der Waals surface area contributed by atoms with Crippen LogP contribution in [0.2, 0.25) is 0 Å². The van der Waals surface area contributed by atoms with Gasteiger partial charge in [-0.1, -0.05) is 36.4 Å². The van der Waals surface area contributed by atoms with E-state index in [-0.39, 0.29) is 22.8 Å². The molecule has 188 valence electrons. The van der Waals surface area contributed by atoms with Crippen molar-refractivity contribution in [1.82, 2.24) is 0 Å². The normalized spacial score (nSPS) is 17.8. The van der Waals surface area contributed by atoms with E-state index >= 15 is 8.78 Å². The number of carbonyl (C=O) groups excluding carboxylic acids is 1. The Bertz CT molecular complexity index is 1240. The smallest absolute Gasteiger partial charge is 0.343 e. The Hall–Kier alpha value is -3.54. The standard InChI is InChI=1S/C30H29F3O3/c1-3-5-19-6-8-20(9-7-19)24-15-16-25(29(33)28(24)32)21-10-12-22(13-11-21)30(34)36-27-17-14-23(35-4-2)18-26(27)31/h3,5,10-20H,4,6-9H2,1-2H3/b5-3+. The van der Waals surface area contributed by atoms with Crippen molar-refractivity contribution in [1.29, 1.82) is 0 Å². The van der Waals surface area contributed by atoms with Gasteiger partial charge in [-0.2, -0.15) is 0 Å². The number of halogens is 3. The summed E-state index contributed by atoms with van der Waals surface area (Å²) >= 11 is 0. The Morgan fingerprint density at radius 1 is 0.944 bits per heavy atom. The molecule has 1 fully saturated rings. The van der Waals surface area contributed by atoms with Gasteiger partial charge in [-0.15, -0.1) is 0 Å². The molecule has 0 amide bonds. The molecule has 0 aliphatic heterocycles. The van der Waals surface area contributed by atoms with Gasteiger partial charge in [0.1, 0.15) is 5.75 Å². The molecule has 3 aromatic carbocycles. The molecule has 0 spiro atoms. The van der Waals surface area contributed by atoms with Crippen LogP contribution < -0.4 is 9.47 Å². The summed E-state index contributed by atoms with van der Waals surface area (Å²) in [5, 5.41) is 0. The first-order valence-electron chi connectivity index (χ1n) is 12.3. The summed E-state index contributed by atoms with van der Waals surface area (Å²) in [6.45, 7) is 4.16. The van der Waals surface area contributed by atoms with Gasteiger partial charge in [0.15, 0.2) is 23.2 Å². The second kappa shape index (κ2) is 11.5. The lowest BCUT2D eigenvalue weighted by Gasteiger charge is -2.27. The fourth-order valence-corrected chi connectivity index (χ4v) is 4.76. The van der Waals surface area contributed by atoms with Crippen molar-refractivity contribution >= 4 is 5.97 Å². The minimum atomic E-state index is -0.894. The van der Waals surface area contributed by atoms with Crippen LogP contribution >= 0.6 is 0 Å². The summed E-state index contributed by atoms with van der Waals surface area (Å²) in [4.78, 5) is 12.5. The third-order valence-electron chi connectivity index (χ3n) is 6.64. The fourth-order valence-electron chi connectivity index (χ4n) is 4.76. The molecule has 3 nitrogen and oxygen atoms in total. The first-order chi connectivity index (χ1) is 17.4. The molecule has 0 bridgehead atoms. The van der Waals surface area contributed by atoms with Gasteiger partial charge in [0.05, 0.1) is 12.2 Å². The summed E-state index contributed by atoms with van der Waals surface area (Å²) in [5.74, 6) is -2.56. The van der Waals surface area contributed by atoms with Crippen molar-refractivity contribution in [2.75, 3.05) is 6.61 Å². The highest BCUT2D eigenvalue weighted by atomic mass is 19.2. The van der Waals surface area contributed by atoms with Crippen LogP contribution in [0, 0.1) is 23.4 Å². The molecular weight excluding hydrogens is 465 g/mol. The van der Waals surface area contributed by atoms with Crippen LogP contribution in [0.1, 0.15) is 61.4 Å². The summed E-state index contributed by atoms with van der Waals surface area (Å²) in [6, 6.07) is 13.2. The maximum atomic E-state index is 15.0. The predicted octanol–water partition coefficient (Wildman–Crippen LogP) is 8.24. The van der Waals surface area contributed by atoms with Crippen molar-refractivity contribution in [2.24, 2.45) is 5.92 Å². The van der Waals surface area contributed by atoms with Crippen molar-refractivity contribution in [3.05, 3.63) is 95.3 Å². The number of hydrogen-bond donors (Lipinski definition) is 0. The monoisotopic (exact) mass is 494 g/mol. The van der Waals surface area contributed by atoms with E-state index in [4.69, 9.17) is 9.47 Å². The third-order valence-corrected chi connectivity index (χ3v) is 6.64. The van der Waals surface area contributed by atoms with Crippen LogP contribution in [0.3, 0.4) is 0 Å². The molecule has 0 N–H and O–H groups in total. The predicted molar refractivity (Wildman–Crippen MR) is 134 cm³/mol. The van der Waals surface area contributed by atoms with Crippen LogP contribution in [0.5, 0.6) is 11.5 Å². The maximum absolute atomic E-state index is 15.0. The lowest BCUT2D eigenvalue weighted by Crippen LogP contribution is -2.13.